The Morgan fingerprint density at radius 2 is 2.37 bits per heavy atom. The van der Waals surface area contributed by atoms with Gasteiger partial charge in [-0.3, -0.25) is 9.59 Å². The number of hydrogen-bond acceptors (Lipinski definition) is 4. The molecule has 0 radical (unpaired) electrons. The third-order valence-electron chi connectivity index (χ3n) is 2.47. The normalized spacial score (nSPS) is 11.8. The summed E-state index contributed by atoms with van der Waals surface area (Å²) in [5.74, 6) is 0.182. The Morgan fingerprint density at radius 1 is 1.53 bits per heavy atom. The lowest BCUT2D eigenvalue weighted by Gasteiger charge is -2.12. The van der Waals surface area contributed by atoms with Crippen LogP contribution in [-0.4, -0.2) is 27.8 Å². The van der Waals surface area contributed by atoms with Crippen LogP contribution in [0.1, 0.15) is 22.4 Å². The maximum atomic E-state index is 11.8. The van der Waals surface area contributed by atoms with Crippen LogP contribution in [0.4, 0.5) is 0 Å². The molecular weight excluding hydrogens is 264 g/mol. The van der Waals surface area contributed by atoms with Crippen LogP contribution in [0.3, 0.4) is 0 Å². The number of nitrogens with zero attached hydrogens (tertiary/aromatic N) is 1. The second-order valence-corrected chi connectivity index (χ2v) is 4.87. The standard InChI is InChI=1S/C12H14N4O2S/c1-8(16-12(18)9-3-2-6-19-9)11(17)15-7-10-13-4-5-14-10/h2-6,8H,7H2,1H3,(H,13,14)(H,15,17)(H,16,18). The number of aromatic amines is 1. The Hall–Kier alpha value is -2.15. The molecule has 2 heterocycles. The van der Waals surface area contributed by atoms with Crippen molar-refractivity contribution >= 4 is 23.2 Å². The second-order valence-electron chi connectivity index (χ2n) is 3.93. The number of imidazole rings is 1. The fraction of sp³-hybridized carbons (Fsp3) is 0.250. The van der Waals surface area contributed by atoms with Crippen molar-refractivity contribution in [2.45, 2.75) is 19.5 Å². The van der Waals surface area contributed by atoms with E-state index < -0.39 is 6.04 Å². The average molecular weight is 278 g/mol. The smallest absolute Gasteiger partial charge is 0.261 e. The van der Waals surface area contributed by atoms with E-state index >= 15 is 0 Å². The molecule has 0 aliphatic heterocycles. The van der Waals surface area contributed by atoms with Crippen LogP contribution < -0.4 is 10.6 Å². The molecule has 0 bridgehead atoms. The Balaban J connectivity index is 1.80. The summed E-state index contributed by atoms with van der Waals surface area (Å²) in [7, 11) is 0. The summed E-state index contributed by atoms with van der Waals surface area (Å²) in [6.45, 7) is 1.95. The van der Waals surface area contributed by atoms with Gasteiger partial charge in [0.15, 0.2) is 0 Å². The molecule has 0 aliphatic rings. The number of rotatable bonds is 5. The van der Waals surface area contributed by atoms with Crippen molar-refractivity contribution in [2.75, 3.05) is 0 Å². The van der Waals surface area contributed by atoms with E-state index in [1.165, 1.54) is 11.3 Å². The molecule has 0 saturated heterocycles. The Labute approximate surface area is 114 Å². The number of hydrogen-bond donors (Lipinski definition) is 3. The van der Waals surface area contributed by atoms with E-state index in [1.807, 2.05) is 5.38 Å². The molecule has 0 fully saturated rings. The summed E-state index contributed by atoms with van der Waals surface area (Å²) in [6.07, 6.45) is 3.30. The van der Waals surface area contributed by atoms with Gasteiger partial charge in [0.05, 0.1) is 11.4 Å². The highest BCUT2D eigenvalue weighted by Crippen LogP contribution is 2.08. The average Bonchev–Trinajstić information content (AvgIpc) is 3.08. The van der Waals surface area contributed by atoms with Gasteiger partial charge in [-0.25, -0.2) is 4.98 Å². The van der Waals surface area contributed by atoms with Gasteiger partial charge in [0.25, 0.3) is 5.91 Å². The SMILES string of the molecule is CC(NC(=O)c1cccs1)C(=O)NCc1ncc[nH]1. The molecule has 0 saturated carbocycles. The number of nitrogens with one attached hydrogen (secondary N) is 3. The quantitative estimate of drug-likeness (QED) is 0.759. The highest BCUT2D eigenvalue weighted by Gasteiger charge is 2.16. The highest BCUT2D eigenvalue weighted by atomic mass is 32.1. The first kappa shape index (κ1) is 13.3. The van der Waals surface area contributed by atoms with E-state index in [2.05, 4.69) is 20.6 Å². The number of carbonyl (C=O) groups is 2. The molecule has 1 unspecified atom stereocenters. The molecule has 6 nitrogen and oxygen atoms in total. The molecule has 2 rings (SSSR count). The van der Waals surface area contributed by atoms with E-state index in [-0.39, 0.29) is 11.8 Å². The summed E-state index contributed by atoms with van der Waals surface area (Å²) in [5, 5.41) is 7.15. The molecule has 0 aliphatic carbocycles. The fourth-order valence-corrected chi connectivity index (χ4v) is 2.09. The van der Waals surface area contributed by atoms with Gasteiger partial charge in [0.1, 0.15) is 11.9 Å². The van der Waals surface area contributed by atoms with E-state index in [9.17, 15) is 9.59 Å². The summed E-state index contributed by atoms with van der Waals surface area (Å²) < 4.78 is 0. The lowest BCUT2D eigenvalue weighted by Crippen LogP contribution is -2.44. The minimum absolute atomic E-state index is 0.240. The van der Waals surface area contributed by atoms with Crippen LogP contribution in [0.5, 0.6) is 0 Å². The van der Waals surface area contributed by atoms with E-state index in [4.69, 9.17) is 0 Å². The molecule has 100 valence electrons. The lowest BCUT2D eigenvalue weighted by atomic mass is 10.3. The first-order valence-electron chi connectivity index (χ1n) is 5.77. The summed E-state index contributed by atoms with van der Waals surface area (Å²) >= 11 is 1.34. The second kappa shape index (κ2) is 6.14. The van der Waals surface area contributed by atoms with Crippen LogP contribution in [-0.2, 0) is 11.3 Å². The zero-order valence-electron chi connectivity index (χ0n) is 10.3. The van der Waals surface area contributed by atoms with E-state index in [0.717, 1.165) is 0 Å². The number of H-pyrrole nitrogens is 1. The fourth-order valence-electron chi connectivity index (χ4n) is 1.46. The Kier molecular flexibility index (Phi) is 4.30. The van der Waals surface area contributed by atoms with Crippen LogP contribution in [0.25, 0.3) is 0 Å². The molecule has 0 aromatic carbocycles. The van der Waals surface area contributed by atoms with Gasteiger partial charge in [-0.2, -0.15) is 0 Å². The van der Waals surface area contributed by atoms with Gasteiger partial charge in [-0.15, -0.1) is 11.3 Å². The van der Waals surface area contributed by atoms with Crippen LogP contribution in [0.15, 0.2) is 29.9 Å². The molecular formula is C12H14N4O2S. The molecule has 0 spiro atoms. The third-order valence-corrected chi connectivity index (χ3v) is 3.34. The molecule has 7 heteroatoms. The van der Waals surface area contributed by atoms with Gasteiger partial charge >= 0.3 is 0 Å². The minimum Gasteiger partial charge on any atom is -0.347 e. The van der Waals surface area contributed by atoms with Crippen molar-refractivity contribution in [1.29, 1.82) is 0 Å². The van der Waals surface area contributed by atoms with Gasteiger partial charge < -0.3 is 15.6 Å². The van der Waals surface area contributed by atoms with Gasteiger partial charge in [-0.05, 0) is 18.4 Å². The van der Waals surface area contributed by atoms with Gasteiger partial charge in [0, 0.05) is 12.4 Å². The predicted octanol–water partition coefficient (Wildman–Crippen LogP) is 0.906. The van der Waals surface area contributed by atoms with Crippen molar-refractivity contribution in [1.82, 2.24) is 20.6 Å². The molecule has 1 atom stereocenters. The molecule has 2 aromatic heterocycles. The predicted molar refractivity (Wildman–Crippen MR) is 71.7 cm³/mol. The lowest BCUT2D eigenvalue weighted by molar-refractivity contribution is -0.122. The number of aromatic nitrogens is 2. The summed E-state index contributed by atoms with van der Waals surface area (Å²) in [6, 6.07) is 2.92. The van der Waals surface area contributed by atoms with Gasteiger partial charge in [0.2, 0.25) is 5.91 Å². The Morgan fingerprint density at radius 3 is 3.00 bits per heavy atom. The van der Waals surface area contributed by atoms with E-state index in [1.54, 1.807) is 31.5 Å². The van der Waals surface area contributed by atoms with Crippen molar-refractivity contribution in [3.63, 3.8) is 0 Å². The highest BCUT2D eigenvalue weighted by molar-refractivity contribution is 7.12. The number of amides is 2. The monoisotopic (exact) mass is 278 g/mol. The summed E-state index contributed by atoms with van der Waals surface area (Å²) in [4.78, 5) is 31.0. The molecule has 2 amide bonds. The van der Waals surface area contributed by atoms with Crippen LogP contribution in [0.2, 0.25) is 0 Å². The van der Waals surface area contributed by atoms with Crippen molar-refractivity contribution in [3.8, 4) is 0 Å². The molecule has 3 N–H and O–H groups in total. The molecule has 19 heavy (non-hydrogen) atoms. The van der Waals surface area contributed by atoms with Crippen molar-refractivity contribution < 1.29 is 9.59 Å². The maximum absolute atomic E-state index is 11.8. The zero-order chi connectivity index (χ0) is 13.7. The van der Waals surface area contributed by atoms with Gasteiger partial charge in [-0.1, -0.05) is 6.07 Å². The number of thiophene rings is 1. The first-order valence-corrected chi connectivity index (χ1v) is 6.65. The van der Waals surface area contributed by atoms with Crippen molar-refractivity contribution in [2.24, 2.45) is 0 Å². The van der Waals surface area contributed by atoms with Crippen LogP contribution in [0, 0.1) is 0 Å². The zero-order valence-corrected chi connectivity index (χ0v) is 11.2. The van der Waals surface area contributed by atoms with E-state index in [0.29, 0.717) is 17.2 Å². The topological polar surface area (TPSA) is 86.9 Å². The Bertz CT molecular complexity index is 536. The third kappa shape index (κ3) is 3.65. The molecule has 2 aromatic rings. The number of carbonyl (C=O) groups excluding carboxylic acids is 2. The van der Waals surface area contributed by atoms with Crippen molar-refractivity contribution in [3.05, 3.63) is 40.6 Å². The largest absolute Gasteiger partial charge is 0.347 e. The first-order chi connectivity index (χ1) is 9.16. The minimum atomic E-state index is -0.593. The summed E-state index contributed by atoms with van der Waals surface area (Å²) in [5.41, 5.74) is 0. The maximum Gasteiger partial charge on any atom is 0.261 e. The van der Waals surface area contributed by atoms with Crippen LogP contribution >= 0.6 is 11.3 Å².